The van der Waals surface area contributed by atoms with E-state index in [2.05, 4.69) is 4.72 Å². The first-order valence-electron chi connectivity index (χ1n) is 7.02. The molecule has 0 saturated heterocycles. The monoisotopic (exact) mass is 337 g/mol. The first-order valence-corrected chi connectivity index (χ1v) is 8.51. The molecule has 0 saturated carbocycles. The minimum atomic E-state index is -3.97. The molecule has 0 spiro atoms. The molecule has 3 rings (SSSR count). The van der Waals surface area contributed by atoms with Gasteiger partial charge in [-0.1, -0.05) is 6.07 Å². The number of halogens is 1. The zero-order chi connectivity index (χ0) is 16.8. The number of nitrogens with zero attached hydrogens (tertiary/aromatic N) is 2. The summed E-state index contributed by atoms with van der Waals surface area (Å²) in [5.41, 5.74) is 0.929. The summed E-state index contributed by atoms with van der Waals surface area (Å²) in [5, 5.41) is 0. The summed E-state index contributed by atoms with van der Waals surface area (Å²) < 4.78 is 42.5. The fraction of sp³-hybridized carbons (Fsp3) is 0.267. The molecular weight excluding hydrogens is 321 g/mol. The van der Waals surface area contributed by atoms with Crippen LogP contribution in [0.3, 0.4) is 0 Å². The van der Waals surface area contributed by atoms with Crippen LogP contribution in [-0.2, 0) is 16.6 Å². The lowest BCUT2D eigenvalue weighted by atomic mass is 10.2. The minimum absolute atomic E-state index is 0.0583. The minimum Gasteiger partial charge on any atom is -0.340 e. The molecule has 0 bridgehead atoms. The van der Waals surface area contributed by atoms with Gasteiger partial charge in [0.25, 0.3) is 15.9 Å². The number of hydrogen-bond acceptors (Lipinski definition) is 3. The second kappa shape index (κ2) is 5.38. The summed E-state index contributed by atoms with van der Waals surface area (Å²) in [6.45, 7) is 2.77. The number of aromatic nitrogens is 1. The predicted octanol–water partition coefficient (Wildman–Crippen LogP) is 1.82. The molecule has 8 heteroatoms. The second-order valence-corrected chi connectivity index (χ2v) is 7.25. The van der Waals surface area contributed by atoms with Gasteiger partial charge in [0.05, 0.1) is 5.69 Å². The molecule has 1 amide bonds. The van der Waals surface area contributed by atoms with Crippen molar-refractivity contribution in [3.63, 3.8) is 0 Å². The smallest absolute Gasteiger partial charge is 0.270 e. The van der Waals surface area contributed by atoms with Crippen LogP contribution in [0.5, 0.6) is 0 Å². The molecule has 1 aromatic carbocycles. The molecule has 1 N–H and O–H groups in total. The number of fused-ring (bicyclic) bond motifs is 1. The van der Waals surface area contributed by atoms with Crippen molar-refractivity contribution in [3.05, 3.63) is 47.5 Å². The van der Waals surface area contributed by atoms with Crippen LogP contribution >= 0.6 is 0 Å². The fourth-order valence-corrected chi connectivity index (χ4v) is 3.57. The van der Waals surface area contributed by atoms with Gasteiger partial charge in [0, 0.05) is 26.3 Å². The fourth-order valence-electron chi connectivity index (χ4n) is 2.47. The van der Waals surface area contributed by atoms with Gasteiger partial charge in [0.2, 0.25) is 0 Å². The molecule has 1 aliphatic rings. The van der Waals surface area contributed by atoms with Gasteiger partial charge in [0.1, 0.15) is 16.4 Å². The summed E-state index contributed by atoms with van der Waals surface area (Å²) in [4.78, 5) is 13.5. The van der Waals surface area contributed by atoms with Gasteiger partial charge in [-0.25, -0.2) is 12.8 Å². The molecular formula is C15H16FN3O3S. The van der Waals surface area contributed by atoms with Crippen molar-refractivity contribution in [1.29, 1.82) is 0 Å². The zero-order valence-corrected chi connectivity index (χ0v) is 13.5. The van der Waals surface area contributed by atoms with E-state index in [0.717, 1.165) is 5.56 Å². The summed E-state index contributed by atoms with van der Waals surface area (Å²) in [6, 6.07) is 5.49. The van der Waals surface area contributed by atoms with Crippen molar-refractivity contribution in [1.82, 2.24) is 9.47 Å². The van der Waals surface area contributed by atoms with E-state index < -0.39 is 15.8 Å². The van der Waals surface area contributed by atoms with Gasteiger partial charge in [-0.05, 0) is 30.7 Å². The van der Waals surface area contributed by atoms with Crippen molar-refractivity contribution in [2.75, 3.05) is 18.3 Å². The van der Waals surface area contributed by atoms with Gasteiger partial charge < -0.3 is 9.47 Å². The average Bonchev–Trinajstić information content (AvgIpc) is 2.92. The molecule has 6 nitrogen and oxygen atoms in total. The molecule has 23 heavy (non-hydrogen) atoms. The van der Waals surface area contributed by atoms with Crippen molar-refractivity contribution in [2.45, 2.75) is 18.4 Å². The van der Waals surface area contributed by atoms with Gasteiger partial charge in [-0.15, -0.1) is 0 Å². The van der Waals surface area contributed by atoms with Crippen LogP contribution in [0.25, 0.3) is 0 Å². The molecule has 1 aliphatic heterocycles. The lowest BCUT2D eigenvalue weighted by molar-refractivity contribution is 0.0749. The van der Waals surface area contributed by atoms with Gasteiger partial charge >= 0.3 is 0 Å². The summed E-state index contributed by atoms with van der Waals surface area (Å²) >= 11 is 0. The molecule has 2 heterocycles. The van der Waals surface area contributed by atoms with Crippen LogP contribution < -0.4 is 4.72 Å². The Balaban J connectivity index is 1.96. The van der Waals surface area contributed by atoms with E-state index in [1.807, 2.05) is 0 Å². The third-order valence-electron chi connectivity index (χ3n) is 3.79. The lowest BCUT2D eigenvalue weighted by Crippen LogP contribution is -2.36. The van der Waals surface area contributed by atoms with Crippen molar-refractivity contribution in [2.24, 2.45) is 0 Å². The molecule has 0 fully saturated rings. The first-order chi connectivity index (χ1) is 10.8. The average molecular weight is 337 g/mol. The molecule has 1 aromatic heterocycles. The number of hydrogen-bond donors (Lipinski definition) is 1. The largest absolute Gasteiger partial charge is 0.340 e. The predicted molar refractivity (Wildman–Crippen MR) is 83.3 cm³/mol. The lowest BCUT2D eigenvalue weighted by Gasteiger charge is -2.23. The Hall–Kier alpha value is -2.35. The van der Waals surface area contributed by atoms with Crippen LogP contribution in [0.2, 0.25) is 0 Å². The summed E-state index contributed by atoms with van der Waals surface area (Å²) in [6.07, 6.45) is 1.40. The van der Waals surface area contributed by atoms with Crippen LogP contribution in [0.15, 0.2) is 35.4 Å². The van der Waals surface area contributed by atoms with E-state index in [-0.39, 0.29) is 16.5 Å². The van der Waals surface area contributed by atoms with E-state index in [9.17, 15) is 17.6 Å². The summed E-state index contributed by atoms with van der Waals surface area (Å²) in [7, 11) is -2.31. The summed E-state index contributed by atoms with van der Waals surface area (Å²) in [5.74, 6) is -0.890. The van der Waals surface area contributed by atoms with Crippen molar-refractivity contribution in [3.8, 4) is 0 Å². The Kier molecular flexibility index (Phi) is 3.63. The number of rotatable bonds is 3. The van der Waals surface area contributed by atoms with Crippen LogP contribution in [0.4, 0.5) is 10.1 Å². The van der Waals surface area contributed by atoms with Crippen LogP contribution in [0, 0.1) is 12.7 Å². The third kappa shape index (κ3) is 2.81. The normalized spacial score (nSPS) is 14.7. The van der Waals surface area contributed by atoms with E-state index in [1.54, 1.807) is 24.6 Å². The highest BCUT2D eigenvalue weighted by molar-refractivity contribution is 7.92. The molecule has 2 aromatic rings. The maximum atomic E-state index is 13.8. The topological polar surface area (TPSA) is 71.4 Å². The highest BCUT2D eigenvalue weighted by atomic mass is 32.2. The Morgan fingerprint density at radius 1 is 1.22 bits per heavy atom. The number of nitrogens with one attached hydrogen (secondary N) is 1. The number of likely N-dealkylation sites (N-methyl/N-ethyl adjacent to an activating group) is 1. The standard InChI is InChI=1S/C15H16FN3O3S/c1-10-3-4-12(16)13(7-10)17-23(21,22)11-8-14-15(20)18(2)5-6-19(14)9-11/h3-4,7-9,17H,5-6H2,1-2H3. The van der Waals surface area contributed by atoms with Crippen molar-refractivity contribution >= 4 is 21.6 Å². The Morgan fingerprint density at radius 3 is 2.70 bits per heavy atom. The molecule has 0 aliphatic carbocycles. The van der Waals surface area contributed by atoms with E-state index in [0.29, 0.717) is 18.8 Å². The van der Waals surface area contributed by atoms with E-state index in [1.165, 1.54) is 29.3 Å². The Labute approximate surface area is 133 Å². The number of sulfonamides is 1. The van der Waals surface area contributed by atoms with Gasteiger partial charge in [0.15, 0.2) is 0 Å². The number of anilines is 1. The van der Waals surface area contributed by atoms with Crippen LogP contribution in [0.1, 0.15) is 16.1 Å². The highest BCUT2D eigenvalue weighted by Gasteiger charge is 2.27. The molecule has 0 radical (unpaired) electrons. The number of aryl methyl sites for hydroxylation is 1. The maximum absolute atomic E-state index is 13.8. The molecule has 122 valence electrons. The quantitative estimate of drug-likeness (QED) is 0.929. The second-order valence-electron chi connectivity index (χ2n) is 5.57. The Bertz CT molecular complexity index is 889. The maximum Gasteiger partial charge on any atom is 0.270 e. The number of carbonyl (C=O) groups is 1. The molecule has 0 unspecified atom stereocenters. The Morgan fingerprint density at radius 2 is 1.96 bits per heavy atom. The van der Waals surface area contributed by atoms with E-state index in [4.69, 9.17) is 0 Å². The van der Waals surface area contributed by atoms with E-state index >= 15 is 0 Å². The first kappa shape index (κ1) is 15.5. The highest BCUT2D eigenvalue weighted by Crippen LogP contribution is 2.23. The number of amides is 1. The van der Waals surface area contributed by atoms with Gasteiger partial charge in [-0.2, -0.15) is 0 Å². The van der Waals surface area contributed by atoms with Crippen LogP contribution in [-0.4, -0.2) is 37.4 Å². The van der Waals surface area contributed by atoms with Gasteiger partial charge in [-0.3, -0.25) is 9.52 Å². The third-order valence-corrected chi connectivity index (χ3v) is 5.12. The number of carbonyl (C=O) groups excluding carboxylic acids is 1. The SMILES string of the molecule is Cc1ccc(F)c(NS(=O)(=O)c2cc3n(c2)CCN(C)C3=O)c1. The van der Waals surface area contributed by atoms with Crippen molar-refractivity contribution < 1.29 is 17.6 Å². The molecule has 0 atom stereocenters. The zero-order valence-electron chi connectivity index (χ0n) is 12.7. The number of benzene rings is 1.